The number of rotatable bonds is 5. The number of nitrogens with one attached hydrogen (secondary N) is 2. The molecule has 3 rings (SSSR count). The van der Waals surface area contributed by atoms with Gasteiger partial charge in [0.25, 0.3) is 15.7 Å². The molecular formula is C20H24N4O5S. The fraction of sp³-hybridized carbons (Fsp3) is 0.350. The largest absolute Gasteiger partial charge is 0.325 e. The van der Waals surface area contributed by atoms with Gasteiger partial charge in [-0.15, -0.1) is 0 Å². The fourth-order valence-electron chi connectivity index (χ4n) is 3.40. The molecule has 0 saturated carbocycles. The van der Waals surface area contributed by atoms with Crippen molar-refractivity contribution >= 4 is 33.1 Å². The molecule has 0 unspecified atom stereocenters. The number of hydrogen-bond donors (Lipinski definition) is 2. The quantitative estimate of drug-likeness (QED) is 0.544. The molecule has 10 heteroatoms. The van der Waals surface area contributed by atoms with Crippen LogP contribution in [-0.2, 0) is 10.0 Å². The first-order valence-electron chi connectivity index (χ1n) is 9.71. The Kier molecular flexibility index (Phi) is 6.56. The molecule has 0 spiro atoms. The monoisotopic (exact) mass is 432 g/mol. The van der Waals surface area contributed by atoms with Crippen molar-refractivity contribution in [2.45, 2.75) is 37.5 Å². The zero-order valence-electron chi connectivity index (χ0n) is 16.6. The maximum Gasteiger partial charge on any atom is 0.321 e. The molecule has 2 N–H and O–H groups in total. The molecule has 1 heterocycles. The van der Waals surface area contributed by atoms with Gasteiger partial charge < -0.3 is 10.2 Å². The van der Waals surface area contributed by atoms with E-state index in [2.05, 4.69) is 10.0 Å². The number of carbonyl (C=O) groups excluding carboxylic acids is 1. The summed E-state index contributed by atoms with van der Waals surface area (Å²) in [5.74, 6) is 0. The zero-order valence-corrected chi connectivity index (χ0v) is 17.4. The minimum atomic E-state index is -4.01. The highest BCUT2D eigenvalue weighted by Gasteiger charge is 2.23. The highest BCUT2D eigenvalue weighted by atomic mass is 32.2. The van der Waals surface area contributed by atoms with Crippen LogP contribution in [0, 0.1) is 17.0 Å². The Bertz CT molecular complexity index is 1030. The molecule has 160 valence electrons. The molecule has 30 heavy (non-hydrogen) atoms. The molecule has 9 nitrogen and oxygen atoms in total. The number of nitro groups is 1. The van der Waals surface area contributed by atoms with Crippen molar-refractivity contribution in [1.29, 1.82) is 0 Å². The van der Waals surface area contributed by atoms with Crippen LogP contribution in [-0.4, -0.2) is 37.4 Å². The van der Waals surface area contributed by atoms with Gasteiger partial charge in [-0.1, -0.05) is 18.9 Å². The van der Waals surface area contributed by atoms with E-state index in [1.165, 1.54) is 37.3 Å². The summed E-state index contributed by atoms with van der Waals surface area (Å²) in [5, 5.41) is 13.9. The first-order chi connectivity index (χ1) is 14.3. The van der Waals surface area contributed by atoms with Crippen LogP contribution in [0.5, 0.6) is 0 Å². The smallest absolute Gasteiger partial charge is 0.321 e. The summed E-state index contributed by atoms with van der Waals surface area (Å²) >= 11 is 0. The number of anilines is 2. The van der Waals surface area contributed by atoms with Crippen LogP contribution in [0.2, 0.25) is 0 Å². The summed E-state index contributed by atoms with van der Waals surface area (Å²) in [6.07, 6.45) is 4.24. The van der Waals surface area contributed by atoms with Gasteiger partial charge in [0.05, 0.1) is 9.82 Å². The van der Waals surface area contributed by atoms with Crippen molar-refractivity contribution in [3.63, 3.8) is 0 Å². The molecule has 0 atom stereocenters. The number of urea groups is 1. The van der Waals surface area contributed by atoms with Gasteiger partial charge >= 0.3 is 6.03 Å². The number of likely N-dealkylation sites (tertiary alicyclic amines) is 1. The van der Waals surface area contributed by atoms with E-state index in [4.69, 9.17) is 0 Å². The molecule has 2 aromatic carbocycles. The lowest BCUT2D eigenvalue weighted by Crippen LogP contribution is -2.35. The van der Waals surface area contributed by atoms with Crippen molar-refractivity contribution in [2.75, 3.05) is 23.1 Å². The summed E-state index contributed by atoms with van der Waals surface area (Å²) < 4.78 is 27.8. The van der Waals surface area contributed by atoms with Crippen LogP contribution in [0.4, 0.5) is 21.9 Å². The number of nitrogens with zero attached hydrogens (tertiary/aromatic N) is 2. The van der Waals surface area contributed by atoms with E-state index in [-0.39, 0.29) is 27.9 Å². The maximum atomic E-state index is 12.7. The normalized spacial score (nSPS) is 14.6. The standard InChI is InChI=1S/C20H24N4O5S/c1-15-18(24(26)27)7-6-8-19(15)30(28,29)22-17-11-9-16(10-12-17)21-20(25)23-13-4-2-3-5-14-23/h6-12,22H,2-5,13-14H2,1H3,(H,21,25). The Morgan fingerprint density at radius 2 is 1.60 bits per heavy atom. The first-order valence-corrected chi connectivity index (χ1v) is 11.2. The van der Waals surface area contributed by atoms with Gasteiger partial charge in [-0.2, -0.15) is 0 Å². The minimum Gasteiger partial charge on any atom is -0.325 e. The fourth-order valence-corrected chi connectivity index (χ4v) is 4.72. The number of hydrogen-bond acceptors (Lipinski definition) is 5. The molecule has 2 amide bonds. The van der Waals surface area contributed by atoms with Gasteiger partial charge in [0, 0.05) is 36.1 Å². The summed E-state index contributed by atoms with van der Waals surface area (Å²) in [4.78, 5) is 24.5. The highest BCUT2D eigenvalue weighted by Crippen LogP contribution is 2.27. The summed E-state index contributed by atoms with van der Waals surface area (Å²) in [6, 6.07) is 10.0. The van der Waals surface area contributed by atoms with Crippen LogP contribution < -0.4 is 10.0 Å². The highest BCUT2D eigenvalue weighted by molar-refractivity contribution is 7.92. The van der Waals surface area contributed by atoms with E-state index in [1.54, 1.807) is 17.0 Å². The molecule has 0 radical (unpaired) electrons. The second kappa shape index (κ2) is 9.12. The van der Waals surface area contributed by atoms with Crippen LogP contribution in [0.25, 0.3) is 0 Å². The lowest BCUT2D eigenvalue weighted by atomic mass is 10.2. The third-order valence-electron chi connectivity index (χ3n) is 5.02. The van der Waals surface area contributed by atoms with Crippen molar-refractivity contribution in [3.8, 4) is 0 Å². The number of sulfonamides is 1. The molecule has 0 aromatic heterocycles. The predicted molar refractivity (Wildman–Crippen MR) is 114 cm³/mol. The lowest BCUT2D eigenvalue weighted by Gasteiger charge is -2.20. The molecule has 1 aliphatic rings. The molecule has 0 aliphatic carbocycles. The van der Waals surface area contributed by atoms with Gasteiger partial charge in [-0.3, -0.25) is 14.8 Å². The lowest BCUT2D eigenvalue weighted by molar-refractivity contribution is -0.385. The van der Waals surface area contributed by atoms with E-state index in [0.717, 1.165) is 38.8 Å². The van der Waals surface area contributed by atoms with Crippen LogP contribution in [0.1, 0.15) is 31.2 Å². The van der Waals surface area contributed by atoms with Crippen LogP contribution >= 0.6 is 0 Å². The van der Waals surface area contributed by atoms with Crippen LogP contribution in [0.15, 0.2) is 47.4 Å². The second-order valence-corrected chi connectivity index (χ2v) is 8.82. The zero-order chi connectivity index (χ0) is 21.7. The van der Waals surface area contributed by atoms with Gasteiger partial charge in [-0.05, 0) is 50.1 Å². The van der Waals surface area contributed by atoms with E-state index in [0.29, 0.717) is 5.69 Å². The topological polar surface area (TPSA) is 122 Å². The van der Waals surface area contributed by atoms with Gasteiger partial charge in [0.2, 0.25) is 0 Å². The van der Waals surface area contributed by atoms with E-state index >= 15 is 0 Å². The van der Waals surface area contributed by atoms with Crippen molar-refractivity contribution in [2.24, 2.45) is 0 Å². The predicted octanol–water partition coefficient (Wildman–Crippen LogP) is 4.11. The Balaban J connectivity index is 1.70. The third-order valence-corrected chi connectivity index (χ3v) is 6.55. The molecule has 2 aromatic rings. The van der Waals surface area contributed by atoms with E-state index < -0.39 is 14.9 Å². The number of nitro benzene ring substituents is 1. The van der Waals surface area contributed by atoms with E-state index in [9.17, 15) is 23.3 Å². The first kappa shape index (κ1) is 21.6. The van der Waals surface area contributed by atoms with Crippen molar-refractivity contribution < 1.29 is 18.1 Å². The van der Waals surface area contributed by atoms with Gasteiger partial charge in [0.1, 0.15) is 0 Å². The van der Waals surface area contributed by atoms with Crippen molar-refractivity contribution in [3.05, 3.63) is 58.1 Å². The molecule has 1 fully saturated rings. The average molecular weight is 433 g/mol. The average Bonchev–Trinajstić information content (AvgIpc) is 2.98. The number of amides is 2. The number of benzene rings is 2. The molecular weight excluding hydrogens is 408 g/mol. The maximum absolute atomic E-state index is 12.7. The SMILES string of the molecule is Cc1c([N+](=O)[O-])cccc1S(=O)(=O)Nc1ccc(NC(=O)N2CCCCCC2)cc1. The minimum absolute atomic E-state index is 0.0660. The van der Waals surface area contributed by atoms with E-state index in [1.807, 2.05) is 0 Å². The van der Waals surface area contributed by atoms with Crippen molar-refractivity contribution in [1.82, 2.24) is 4.90 Å². The Hall–Kier alpha value is -3.14. The molecule has 1 aliphatic heterocycles. The summed E-state index contributed by atoms with van der Waals surface area (Å²) in [6.45, 7) is 2.85. The second-order valence-electron chi connectivity index (χ2n) is 7.17. The summed E-state index contributed by atoms with van der Waals surface area (Å²) in [5.41, 5.74) is 0.646. The van der Waals surface area contributed by atoms with Crippen LogP contribution in [0.3, 0.4) is 0 Å². The Morgan fingerprint density at radius 3 is 2.20 bits per heavy atom. The van der Waals surface area contributed by atoms with Gasteiger partial charge in [-0.25, -0.2) is 13.2 Å². The third kappa shape index (κ3) is 5.07. The van der Waals surface area contributed by atoms with Gasteiger partial charge in [0.15, 0.2) is 0 Å². The summed E-state index contributed by atoms with van der Waals surface area (Å²) in [7, 11) is -4.01. The molecule has 0 bridgehead atoms. The Morgan fingerprint density at radius 1 is 1.00 bits per heavy atom. The molecule has 1 saturated heterocycles. The number of carbonyl (C=O) groups is 1. The Labute approximate surface area is 175 Å².